The van der Waals surface area contributed by atoms with Crippen LogP contribution in [0.4, 0.5) is 0 Å². The van der Waals surface area contributed by atoms with Crippen LogP contribution in [0, 0.1) is 12.8 Å². The van der Waals surface area contributed by atoms with Crippen molar-refractivity contribution >= 4 is 44.3 Å². The monoisotopic (exact) mass is 477 g/mol. The minimum atomic E-state index is -0.112. The van der Waals surface area contributed by atoms with Gasteiger partial charge in [0.05, 0.1) is 26.2 Å². The molecule has 4 aromatic rings. The molecule has 2 amide bonds. The number of nitrogens with two attached hydrogens (primary N) is 1. The Bertz CT molecular complexity index is 1420. The molecule has 0 radical (unpaired) electrons. The summed E-state index contributed by atoms with van der Waals surface area (Å²) in [7, 11) is 3.57. The zero-order valence-electron chi connectivity index (χ0n) is 19.4. The summed E-state index contributed by atoms with van der Waals surface area (Å²) in [5.41, 5.74) is 8.97. The Morgan fingerprint density at radius 3 is 2.85 bits per heavy atom. The Morgan fingerprint density at radius 1 is 1.29 bits per heavy atom. The molecule has 1 fully saturated rings. The number of nitrogens with one attached hydrogen (secondary N) is 1. The van der Waals surface area contributed by atoms with Gasteiger partial charge in [-0.3, -0.25) is 14.6 Å². The molecule has 1 saturated heterocycles. The minimum absolute atomic E-state index is 0.0207. The summed E-state index contributed by atoms with van der Waals surface area (Å²) in [5.74, 6) is 1.57. The second-order valence-electron chi connectivity index (χ2n) is 8.66. The van der Waals surface area contributed by atoms with E-state index in [1.165, 1.54) is 11.3 Å². The van der Waals surface area contributed by atoms with Crippen LogP contribution in [0.5, 0.6) is 11.5 Å². The lowest BCUT2D eigenvalue weighted by atomic mass is 10.1. The molecule has 3 N–H and O–H groups in total. The van der Waals surface area contributed by atoms with Gasteiger partial charge in [0.25, 0.3) is 11.8 Å². The third kappa shape index (κ3) is 3.70. The molecule has 5 rings (SSSR count). The first kappa shape index (κ1) is 22.4. The number of carbonyl (C=O) groups excluding carboxylic acids is 2. The molecule has 8 nitrogen and oxygen atoms in total. The number of hydrogen-bond acceptors (Lipinski definition) is 6. The van der Waals surface area contributed by atoms with Crippen molar-refractivity contribution in [2.45, 2.75) is 13.3 Å². The SMILES string of the molecule is CNC(=O)c1c(C)n(C)c2cc(Oc3ccnc4cc(C(=O)N5CCC(CN)C5)sc34)ccc12. The van der Waals surface area contributed by atoms with E-state index in [2.05, 4.69) is 10.3 Å². The van der Waals surface area contributed by atoms with Crippen molar-refractivity contribution in [3.63, 3.8) is 0 Å². The predicted octanol–water partition coefficient (Wildman–Crippen LogP) is 3.67. The van der Waals surface area contributed by atoms with Gasteiger partial charge in [-0.2, -0.15) is 0 Å². The van der Waals surface area contributed by atoms with Gasteiger partial charge >= 0.3 is 0 Å². The van der Waals surface area contributed by atoms with E-state index < -0.39 is 0 Å². The number of nitrogens with zero attached hydrogens (tertiary/aromatic N) is 3. The van der Waals surface area contributed by atoms with E-state index in [-0.39, 0.29) is 11.8 Å². The highest BCUT2D eigenvalue weighted by Gasteiger charge is 2.27. The van der Waals surface area contributed by atoms with Crippen LogP contribution in [0.15, 0.2) is 36.5 Å². The first-order valence-corrected chi connectivity index (χ1v) is 12.1. The van der Waals surface area contributed by atoms with Crippen LogP contribution in [0.3, 0.4) is 0 Å². The molecule has 1 atom stereocenters. The molecular weight excluding hydrogens is 450 g/mol. The first-order valence-electron chi connectivity index (χ1n) is 11.3. The minimum Gasteiger partial charge on any atom is -0.456 e. The second kappa shape index (κ2) is 8.73. The number of likely N-dealkylation sites (tertiary alicyclic amines) is 1. The molecule has 1 unspecified atom stereocenters. The smallest absolute Gasteiger partial charge is 0.264 e. The van der Waals surface area contributed by atoms with Gasteiger partial charge in [0, 0.05) is 56.6 Å². The number of rotatable bonds is 5. The number of hydrogen-bond donors (Lipinski definition) is 2. The van der Waals surface area contributed by atoms with Gasteiger partial charge in [-0.25, -0.2) is 0 Å². The summed E-state index contributed by atoms with van der Waals surface area (Å²) >= 11 is 1.40. The van der Waals surface area contributed by atoms with Crippen molar-refractivity contribution < 1.29 is 14.3 Å². The number of thiophene rings is 1. The molecule has 0 bridgehead atoms. The molecule has 4 heterocycles. The van der Waals surface area contributed by atoms with Crippen molar-refractivity contribution in [2.75, 3.05) is 26.7 Å². The van der Waals surface area contributed by atoms with Crippen LogP contribution in [0.1, 0.15) is 32.1 Å². The summed E-state index contributed by atoms with van der Waals surface area (Å²) in [6, 6.07) is 9.34. The van der Waals surface area contributed by atoms with E-state index in [1.54, 1.807) is 13.2 Å². The van der Waals surface area contributed by atoms with Gasteiger partial charge in [0.15, 0.2) is 0 Å². The first-order chi connectivity index (χ1) is 16.4. The van der Waals surface area contributed by atoms with Gasteiger partial charge in [-0.15, -0.1) is 11.3 Å². The van der Waals surface area contributed by atoms with E-state index in [1.807, 2.05) is 53.8 Å². The summed E-state index contributed by atoms with van der Waals surface area (Å²) in [4.78, 5) is 32.4. The van der Waals surface area contributed by atoms with Crippen molar-refractivity contribution in [1.82, 2.24) is 19.8 Å². The molecule has 1 aromatic carbocycles. The fourth-order valence-corrected chi connectivity index (χ4v) is 5.64. The second-order valence-corrected chi connectivity index (χ2v) is 9.71. The maximum absolute atomic E-state index is 13.0. The zero-order valence-corrected chi connectivity index (χ0v) is 20.2. The van der Waals surface area contributed by atoms with Gasteiger partial charge in [0.1, 0.15) is 11.5 Å². The fraction of sp³-hybridized carbons (Fsp3) is 0.320. The number of aryl methyl sites for hydroxylation is 1. The lowest BCUT2D eigenvalue weighted by molar-refractivity contribution is 0.0792. The standard InChI is InChI=1S/C25H27N5O3S/c1-14-22(24(31)27-2)17-5-4-16(10-19(17)29(14)3)33-20-6-8-28-18-11-21(34-23(18)20)25(32)30-9-7-15(12-26)13-30/h4-6,8,10-11,15H,7,9,12-13,26H2,1-3H3,(H,27,31). The predicted molar refractivity (Wildman–Crippen MR) is 134 cm³/mol. The Kier molecular flexibility index (Phi) is 5.75. The maximum Gasteiger partial charge on any atom is 0.264 e. The van der Waals surface area contributed by atoms with Crippen LogP contribution < -0.4 is 15.8 Å². The van der Waals surface area contributed by atoms with Gasteiger partial charge < -0.3 is 25.3 Å². The zero-order chi connectivity index (χ0) is 24.0. The van der Waals surface area contributed by atoms with Gasteiger partial charge in [-0.1, -0.05) is 0 Å². The summed E-state index contributed by atoms with van der Waals surface area (Å²) in [6.45, 7) is 3.97. The number of aromatic nitrogens is 2. The van der Waals surface area contributed by atoms with Crippen molar-refractivity contribution in [1.29, 1.82) is 0 Å². The number of fused-ring (bicyclic) bond motifs is 2. The fourth-order valence-electron chi connectivity index (χ4n) is 4.61. The molecule has 0 aliphatic carbocycles. The van der Waals surface area contributed by atoms with Crippen LogP contribution >= 0.6 is 11.3 Å². The molecule has 9 heteroatoms. The molecule has 176 valence electrons. The average Bonchev–Trinajstić information content (AvgIpc) is 3.56. The number of carbonyl (C=O) groups is 2. The van der Waals surface area contributed by atoms with Crippen molar-refractivity contribution in [2.24, 2.45) is 18.7 Å². The highest BCUT2D eigenvalue weighted by atomic mass is 32.1. The van der Waals surface area contributed by atoms with E-state index >= 15 is 0 Å². The van der Waals surface area contributed by atoms with Gasteiger partial charge in [-0.05, 0) is 44.0 Å². The number of amides is 2. The largest absolute Gasteiger partial charge is 0.456 e. The van der Waals surface area contributed by atoms with Crippen molar-refractivity contribution in [3.8, 4) is 11.5 Å². The summed E-state index contributed by atoms with van der Waals surface area (Å²) < 4.78 is 9.07. The van der Waals surface area contributed by atoms with E-state index in [0.29, 0.717) is 40.9 Å². The topological polar surface area (TPSA) is 102 Å². The Labute approximate surface area is 201 Å². The number of ether oxygens (including phenoxy) is 1. The number of pyridine rings is 1. The third-order valence-corrected chi connectivity index (χ3v) is 7.77. The lowest BCUT2D eigenvalue weighted by Gasteiger charge is -2.14. The molecule has 34 heavy (non-hydrogen) atoms. The molecule has 3 aromatic heterocycles. The van der Waals surface area contributed by atoms with Crippen LogP contribution in [0.25, 0.3) is 21.1 Å². The Morgan fingerprint density at radius 2 is 2.12 bits per heavy atom. The highest BCUT2D eigenvalue weighted by molar-refractivity contribution is 7.21. The van der Waals surface area contributed by atoms with E-state index in [9.17, 15) is 9.59 Å². The van der Waals surface area contributed by atoms with E-state index in [4.69, 9.17) is 10.5 Å². The molecule has 1 aliphatic rings. The molecule has 1 aliphatic heterocycles. The lowest BCUT2D eigenvalue weighted by Crippen LogP contribution is -2.29. The maximum atomic E-state index is 13.0. The summed E-state index contributed by atoms with van der Waals surface area (Å²) in [5, 5.41) is 3.59. The molecule has 0 spiro atoms. The van der Waals surface area contributed by atoms with E-state index in [0.717, 1.165) is 39.8 Å². The van der Waals surface area contributed by atoms with Crippen LogP contribution in [-0.4, -0.2) is 52.9 Å². The number of benzene rings is 1. The third-order valence-electron chi connectivity index (χ3n) is 6.64. The average molecular weight is 478 g/mol. The quantitative estimate of drug-likeness (QED) is 0.457. The Balaban J connectivity index is 1.47. The van der Waals surface area contributed by atoms with Crippen LogP contribution in [0.2, 0.25) is 0 Å². The van der Waals surface area contributed by atoms with Crippen LogP contribution in [-0.2, 0) is 7.05 Å². The normalized spacial score (nSPS) is 15.9. The highest BCUT2D eigenvalue weighted by Crippen LogP contribution is 2.37. The molecule has 0 saturated carbocycles. The molecular formula is C25H27N5O3S. The van der Waals surface area contributed by atoms with Gasteiger partial charge in [0.2, 0.25) is 0 Å². The van der Waals surface area contributed by atoms with Crippen molar-refractivity contribution in [3.05, 3.63) is 52.7 Å². The summed E-state index contributed by atoms with van der Waals surface area (Å²) in [6.07, 6.45) is 2.64. The Hall–Kier alpha value is -3.43.